The minimum atomic E-state index is -0.402. The van der Waals surface area contributed by atoms with Crippen molar-refractivity contribution >= 4 is 29.1 Å². The molecular formula is C14H11NO4. The SMILES string of the molecule is O=Cc1ccc2occ(C3CCC(=O)NC3=O)c2c1. The summed E-state index contributed by atoms with van der Waals surface area (Å²) >= 11 is 0. The highest BCUT2D eigenvalue weighted by atomic mass is 16.3. The number of hydrogen-bond acceptors (Lipinski definition) is 4. The van der Waals surface area contributed by atoms with Gasteiger partial charge >= 0.3 is 0 Å². The lowest BCUT2D eigenvalue weighted by atomic mass is 9.90. The molecule has 2 aromatic rings. The van der Waals surface area contributed by atoms with E-state index in [9.17, 15) is 14.4 Å². The molecule has 0 spiro atoms. The van der Waals surface area contributed by atoms with E-state index in [1.54, 1.807) is 18.2 Å². The first kappa shape index (κ1) is 11.6. The van der Waals surface area contributed by atoms with E-state index < -0.39 is 5.92 Å². The number of piperidine rings is 1. The molecule has 1 saturated heterocycles. The van der Waals surface area contributed by atoms with Gasteiger partial charge in [0.15, 0.2) is 0 Å². The second-order valence-electron chi connectivity index (χ2n) is 4.57. The molecule has 1 unspecified atom stereocenters. The molecule has 1 aromatic heterocycles. The maximum atomic E-state index is 11.9. The molecule has 1 aliphatic heterocycles. The van der Waals surface area contributed by atoms with Crippen LogP contribution in [-0.2, 0) is 9.59 Å². The molecule has 2 heterocycles. The minimum absolute atomic E-state index is 0.248. The van der Waals surface area contributed by atoms with Crippen LogP contribution in [-0.4, -0.2) is 18.1 Å². The fourth-order valence-electron chi connectivity index (χ4n) is 2.40. The van der Waals surface area contributed by atoms with Crippen LogP contribution in [0.15, 0.2) is 28.9 Å². The number of rotatable bonds is 2. The lowest BCUT2D eigenvalue weighted by Gasteiger charge is -2.19. The zero-order valence-electron chi connectivity index (χ0n) is 10.0. The van der Waals surface area contributed by atoms with Crippen molar-refractivity contribution in [1.82, 2.24) is 5.32 Å². The molecule has 2 amide bonds. The molecule has 1 N–H and O–H groups in total. The van der Waals surface area contributed by atoms with Gasteiger partial charge in [0, 0.05) is 22.9 Å². The van der Waals surface area contributed by atoms with E-state index in [4.69, 9.17) is 4.42 Å². The van der Waals surface area contributed by atoms with Crippen molar-refractivity contribution in [1.29, 1.82) is 0 Å². The van der Waals surface area contributed by atoms with E-state index in [1.807, 2.05) is 0 Å². The second-order valence-corrected chi connectivity index (χ2v) is 4.57. The van der Waals surface area contributed by atoms with Crippen molar-refractivity contribution in [2.45, 2.75) is 18.8 Å². The molecule has 1 aromatic carbocycles. The first-order valence-electron chi connectivity index (χ1n) is 5.99. The van der Waals surface area contributed by atoms with Gasteiger partial charge in [0.25, 0.3) is 0 Å². The molecule has 0 saturated carbocycles. The van der Waals surface area contributed by atoms with Gasteiger partial charge in [-0.25, -0.2) is 0 Å². The molecule has 5 heteroatoms. The summed E-state index contributed by atoms with van der Waals surface area (Å²) < 4.78 is 5.40. The third-order valence-corrected chi connectivity index (χ3v) is 3.38. The van der Waals surface area contributed by atoms with Crippen molar-refractivity contribution in [3.63, 3.8) is 0 Å². The Kier molecular flexibility index (Phi) is 2.67. The lowest BCUT2D eigenvalue weighted by molar-refractivity contribution is -0.134. The summed E-state index contributed by atoms with van der Waals surface area (Å²) in [4.78, 5) is 33.8. The predicted octanol–water partition coefficient (Wildman–Crippen LogP) is 1.77. The fraction of sp³-hybridized carbons (Fsp3) is 0.214. The standard InChI is InChI=1S/C14H11NO4/c16-6-8-1-3-12-10(5-8)11(7-19-12)9-2-4-13(17)15-14(9)18/h1,3,5-7,9H,2,4H2,(H,15,17,18). The van der Waals surface area contributed by atoms with E-state index in [1.165, 1.54) is 6.26 Å². The summed E-state index contributed by atoms with van der Waals surface area (Å²) in [5.74, 6) is -0.959. The molecule has 5 nitrogen and oxygen atoms in total. The van der Waals surface area contributed by atoms with E-state index in [0.29, 0.717) is 24.0 Å². The van der Waals surface area contributed by atoms with Gasteiger partial charge in [0.1, 0.15) is 11.9 Å². The highest BCUT2D eigenvalue weighted by molar-refractivity contribution is 6.03. The molecule has 1 atom stereocenters. The number of benzene rings is 1. The zero-order valence-corrected chi connectivity index (χ0v) is 10.0. The summed E-state index contributed by atoms with van der Waals surface area (Å²) in [6, 6.07) is 5.06. The van der Waals surface area contributed by atoms with E-state index in [0.717, 1.165) is 17.2 Å². The van der Waals surface area contributed by atoms with Crippen LogP contribution in [0.3, 0.4) is 0 Å². The number of hydrogen-bond donors (Lipinski definition) is 1. The Labute approximate surface area is 108 Å². The van der Waals surface area contributed by atoms with Crippen LogP contribution in [0.2, 0.25) is 0 Å². The number of carbonyl (C=O) groups is 3. The summed E-state index contributed by atoms with van der Waals surface area (Å²) in [6.07, 6.45) is 3.06. The van der Waals surface area contributed by atoms with Gasteiger partial charge in [-0.1, -0.05) is 0 Å². The Morgan fingerprint density at radius 1 is 1.32 bits per heavy atom. The number of imide groups is 1. The van der Waals surface area contributed by atoms with Gasteiger partial charge in [0.2, 0.25) is 11.8 Å². The van der Waals surface area contributed by atoms with E-state index in [-0.39, 0.29) is 11.8 Å². The second kappa shape index (κ2) is 4.35. The van der Waals surface area contributed by atoms with Crippen LogP contribution in [0.4, 0.5) is 0 Å². The van der Waals surface area contributed by atoms with E-state index in [2.05, 4.69) is 5.32 Å². The summed E-state index contributed by atoms with van der Waals surface area (Å²) in [7, 11) is 0. The number of carbonyl (C=O) groups excluding carboxylic acids is 3. The maximum Gasteiger partial charge on any atom is 0.234 e. The zero-order chi connectivity index (χ0) is 13.4. The summed E-state index contributed by atoms with van der Waals surface area (Å²) in [5, 5.41) is 3.07. The van der Waals surface area contributed by atoms with Crippen molar-refractivity contribution < 1.29 is 18.8 Å². The van der Waals surface area contributed by atoms with Crippen molar-refractivity contribution in [2.24, 2.45) is 0 Å². The molecule has 3 rings (SSSR count). The Balaban J connectivity index is 2.07. The predicted molar refractivity (Wildman–Crippen MR) is 66.7 cm³/mol. The average molecular weight is 257 g/mol. The quantitative estimate of drug-likeness (QED) is 0.657. The van der Waals surface area contributed by atoms with Gasteiger partial charge in [0.05, 0.1) is 12.2 Å². The van der Waals surface area contributed by atoms with Gasteiger partial charge in [-0.3, -0.25) is 19.7 Å². The molecule has 0 radical (unpaired) electrons. The number of nitrogens with one attached hydrogen (secondary N) is 1. The minimum Gasteiger partial charge on any atom is -0.464 e. The van der Waals surface area contributed by atoms with Crippen LogP contribution in [0.5, 0.6) is 0 Å². The highest BCUT2D eigenvalue weighted by Crippen LogP contribution is 2.32. The largest absolute Gasteiger partial charge is 0.464 e. The molecule has 0 aliphatic carbocycles. The highest BCUT2D eigenvalue weighted by Gasteiger charge is 2.30. The Morgan fingerprint density at radius 2 is 2.16 bits per heavy atom. The number of amides is 2. The molecule has 0 bridgehead atoms. The first-order valence-corrected chi connectivity index (χ1v) is 5.99. The van der Waals surface area contributed by atoms with Crippen LogP contribution >= 0.6 is 0 Å². The molecule has 1 aliphatic rings. The van der Waals surface area contributed by atoms with Crippen LogP contribution in [0, 0.1) is 0 Å². The molecule has 19 heavy (non-hydrogen) atoms. The lowest BCUT2D eigenvalue weighted by Crippen LogP contribution is -2.39. The number of fused-ring (bicyclic) bond motifs is 1. The van der Waals surface area contributed by atoms with Crippen LogP contribution < -0.4 is 5.32 Å². The molecule has 96 valence electrons. The van der Waals surface area contributed by atoms with Gasteiger partial charge in [-0.05, 0) is 24.6 Å². The maximum absolute atomic E-state index is 11.9. The van der Waals surface area contributed by atoms with Crippen molar-refractivity contribution in [3.05, 3.63) is 35.6 Å². The normalized spacial score (nSPS) is 19.5. The number of aldehydes is 1. The Hall–Kier alpha value is -2.43. The monoisotopic (exact) mass is 257 g/mol. The third-order valence-electron chi connectivity index (χ3n) is 3.38. The Bertz CT molecular complexity index is 686. The van der Waals surface area contributed by atoms with E-state index >= 15 is 0 Å². The molecular weight excluding hydrogens is 246 g/mol. The van der Waals surface area contributed by atoms with Crippen molar-refractivity contribution in [2.75, 3.05) is 0 Å². The third kappa shape index (κ3) is 1.93. The van der Waals surface area contributed by atoms with Gasteiger partial charge in [-0.2, -0.15) is 0 Å². The first-order chi connectivity index (χ1) is 9.19. The van der Waals surface area contributed by atoms with Gasteiger partial charge < -0.3 is 4.42 Å². The topological polar surface area (TPSA) is 76.4 Å². The van der Waals surface area contributed by atoms with Crippen LogP contribution in [0.1, 0.15) is 34.7 Å². The van der Waals surface area contributed by atoms with Crippen LogP contribution in [0.25, 0.3) is 11.0 Å². The summed E-state index contributed by atoms with van der Waals surface area (Å²) in [5.41, 5.74) is 1.89. The smallest absolute Gasteiger partial charge is 0.234 e. The van der Waals surface area contributed by atoms with Crippen molar-refractivity contribution in [3.8, 4) is 0 Å². The van der Waals surface area contributed by atoms with Gasteiger partial charge in [-0.15, -0.1) is 0 Å². The fourth-order valence-corrected chi connectivity index (χ4v) is 2.40. The Morgan fingerprint density at radius 3 is 2.89 bits per heavy atom. The average Bonchev–Trinajstić information content (AvgIpc) is 2.81. The summed E-state index contributed by atoms with van der Waals surface area (Å²) in [6.45, 7) is 0. The number of furan rings is 1. The molecule has 1 fully saturated rings.